The molecule has 5 aromatic carbocycles. The van der Waals surface area contributed by atoms with Gasteiger partial charge in [0, 0.05) is 67.2 Å². The van der Waals surface area contributed by atoms with E-state index in [1.807, 2.05) is 0 Å². The first-order chi connectivity index (χ1) is 58.3. The molecule has 0 aromatic heterocycles. The average molecular weight is 1630 g/mol. The number of rotatable bonds is 11. The summed E-state index contributed by atoms with van der Waals surface area (Å²) in [4.78, 5) is 21.7. The molecule has 8 nitrogen and oxygen atoms in total. The van der Waals surface area contributed by atoms with Crippen molar-refractivity contribution in [3.05, 3.63) is 249 Å². The topological polar surface area (TPSA) is 25.9 Å². The molecule has 8 heterocycles. The molecule has 19 rings (SSSR count). The molecular weight excluding hydrogens is 1470 g/mol. The largest absolute Gasteiger partial charge is 0.342 e. The Morgan fingerprint density at radius 1 is 0.281 bits per heavy atom. The summed E-state index contributed by atoms with van der Waals surface area (Å²) in [5.74, 6) is 4.26. The zero-order chi connectivity index (χ0) is 86.2. The van der Waals surface area contributed by atoms with Gasteiger partial charge in [0.25, 0.3) is 0 Å². The molecule has 0 N–H and O–H groups in total. The van der Waals surface area contributed by atoms with Gasteiger partial charge in [0.1, 0.15) is 24.7 Å². The second-order valence-corrected chi connectivity index (χ2v) is 44.3. The molecule has 7 unspecified atom stereocenters. The van der Waals surface area contributed by atoms with Crippen LogP contribution >= 0.6 is 0 Å². The maximum Gasteiger partial charge on any atom is 0.112 e. The van der Waals surface area contributed by atoms with Crippen molar-refractivity contribution >= 4 is 22.7 Å². The zero-order valence-electron chi connectivity index (χ0n) is 80.1. The van der Waals surface area contributed by atoms with E-state index in [1.165, 1.54) is 282 Å². The summed E-state index contributed by atoms with van der Waals surface area (Å²) in [6.07, 6.45) is 60.8. The fourth-order valence-corrected chi connectivity index (χ4v) is 26.9. The van der Waals surface area contributed by atoms with Crippen LogP contribution in [-0.4, -0.2) is 61.4 Å². The van der Waals surface area contributed by atoms with Crippen LogP contribution in [0.3, 0.4) is 0 Å². The normalized spacial score (nSPS) is 28.2. The Bertz CT molecular complexity index is 4770. The van der Waals surface area contributed by atoms with Crippen LogP contribution in [0.25, 0.3) is 0 Å². The highest BCUT2D eigenvalue weighted by molar-refractivity contribution is 5.68. The number of allylic oxidation sites excluding steroid dienone is 8. The summed E-state index contributed by atoms with van der Waals surface area (Å²) in [7, 11) is 0. The van der Waals surface area contributed by atoms with Crippen LogP contribution in [0.4, 0.5) is 22.7 Å². The molecule has 6 saturated carbocycles. The van der Waals surface area contributed by atoms with E-state index in [2.05, 4.69) is 354 Å². The van der Waals surface area contributed by atoms with Gasteiger partial charge in [-0.25, -0.2) is 0 Å². The monoisotopic (exact) mass is 1630 g/mol. The van der Waals surface area contributed by atoms with Gasteiger partial charge in [-0.2, -0.15) is 0 Å². The van der Waals surface area contributed by atoms with Gasteiger partial charge >= 0.3 is 0 Å². The molecule has 0 amide bonds. The maximum absolute atomic E-state index is 9.59. The molecule has 8 heteroatoms. The Morgan fingerprint density at radius 2 is 0.554 bits per heavy atom. The van der Waals surface area contributed by atoms with Gasteiger partial charge in [-0.1, -0.05) is 320 Å². The fourth-order valence-electron chi connectivity index (χ4n) is 26.9. The van der Waals surface area contributed by atoms with Crippen LogP contribution in [0.15, 0.2) is 222 Å². The Balaban J connectivity index is 0.000000121. The Hall–Kier alpha value is -7.58. The van der Waals surface area contributed by atoms with Gasteiger partial charge < -0.3 is 39.2 Å². The van der Waals surface area contributed by atoms with Crippen molar-refractivity contribution in [2.75, 3.05) is 19.6 Å². The molecule has 0 radical (unpaired) electrons. The lowest BCUT2D eigenvalue weighted by Gasteiger charge is -2.56. The van der Waals surface area contributed by atoms with E-state index in [1.54, 1.807) is 0 Å². The number of benzene rings is 5. The first-order valence-corrected chi connectivity index (χ1v) is 49.0. The summed E-state index contributed by atoms with van der Waals surface area (Å²) in [6.45, 7) is 47.2. The third-order valence-corrected chi connectivity index (χ3v) is 32.2. The highest BCUT2D eigenvalue weighted by Crippen LogP contribution is 2.63. The Morgan fingerprint density at radius 3 is 0.893 bits per heavy atom. The summed E-state index contributed by atoms with van der Waals surface area (Å²) in [5.41, 5.74) is 24.2. The Kier molecular flexibility index (Phi) is 24.6. The standard InChI is InChI=1S/C30H44N2.C30H38N2.C29H42N2.C24H34N2/c2*1-22-14-12-13-19-26(22)31-23(2)27-20-21-30(24-15-8-6-9-16-24,25-17-10-7-11-18-25)32(27)28(31)29(3,4)5;1-21-13-9-12-18-25(21)30-22(2)26-19-20-29(24-16-10-11-17-24,23-14-7-6-8-15-23)31(26)27(30)28(3,4)5;1-17-11-9-10-14-20(17)25-18(2)21-15-16-22(19-12-7-6-8-13-19)26(21)23(25)24(3,4)5/h12-14,19-21,24-25,28H,6-11,15-18H2,1-5H3;6,8-9,12-16,19-21,25,28H,7,10-11,17-18H2,1-5H3;9,12-13,18-20,23-24,27H,6-8,10-11,14-17H2,1-5H3;9-11,14-16,19,22-23H,6-8,12-13H2,1-5H3/i;;;22D. The van der Waals surface area contributed by atoms with Crippen LogP contribution < -0.4 is 19.6 Å². The van der Waals surface area contributed by atoms with Gasteiger partial charge in [0.05, 0.1) is 46.8 Å². The molecule has 6 aliphatic carbocycles. The van der Waals surface area contributed by atoms with E-state index in [0.29, 0.717) is 24.2 Å². The highest BCUT2D eigenvalue weighted by atomic mass is 15.5. The molecule has 5 aromatic rings. The second kappa shape index (κ2) is 34.7. The quantitative estimate of drug-likeness (QED) is 0.129. The van der Waals surface area contributed by atoms with Gasteiger partial charge in [-0.05, 0) is 244 Å². The van der Waals surface area contributed by atoms with E-state index < -0.39 is 6.02 Å². The molecule has 0 saturated heterocycles. The predicted molar refractivity (Wildman–Crippen MR) is 515 cm³/mol. The van der Waals surface area contributed by atoms with Gasteiger partial charge in [-0.15, -0.1) is 0 Å². The van der Waals surface area contributed by atoms with Crippen LogP contribution in [0.1, 0.15) is 326 Å². The minimum absolute atomic E-state index is 0.0261. The third kappa shape index (κ3) is 15.6. The molecular formula is C113H158N8. The molecule has 7 atom stereocenters. The number of aryl methyl sites for hydroxylation is 4. The number of anilines is 4. The number of hydrogen-bond acceptors (Lipinski definition) is 8. The van der Waals surface area contributed by atoms with Crippen molar-refractivity contribution in [3.8, 4) is 0 Å². The number of para-hydroxylation sites is 4. The molecule has 6 fully saturated rings. The van der Waals surface area contributed by atoms with Crippen molar-refractivity contribution in [2.24, 2.45) is 57.2 Å². The zero-order valence-corrected chi connectivity index (χ0v) is 79.1. The van der Waals surface area contributed by atoms with Crippen molar-refractivity contribution in [1.29, 1.82) is 0 Å². The molecule has 121 heavy (non-hydrogen) atoms. The first-order valence-electron chi connectivity index (χ1n) is 49.5. The summed E-state index contributed by atoms with van der Waals surface area (Å²) < 4.78 is 9.59. The van der Waals surface area contributed by atoms with Crippen LogP contribution in [0.2, 0.25) is 0 Å². The minimum Gasteiger partial charge on any atom is -0.342 e. The summed E-state index contributed by atoms with van der Waals surface area (Å²) in [5, 5.41) is 0. The summed E-state index contributed by atoms with van der Waals surface area (Å²) in [6, 6.07) is 46.3. The van der Waals surface area contributed by atoms with Gasteiger partial charge in [0.15, 0.2) is 0 Å². The number of fused-ring (bicyclic) bond motifs is 4. The van der Waals surface area contributed by atoms with Crippen LogP contribution in [0.5, 0.6) is 0 Å². The summed E-state index contributed by atoms with van der Waals surface area (Å²) >= 11 is 0. The second-order valence-electron chi connectivity index (χ2n) is 44.3. The Labute approximate surface area is 737 Å². The maximum atomic E-state index is 9.59. The van der Waals surface area contributed by atoms with Crippen molar-refractivity contribution < 1.29 is 1.37 Å². The average Bonchev–Trinajstić information content (AvgIpc) is 1.55. The fraction of sp³-hybridized carbons (Fsp3) is 0.593. The van der Waals surface area contributed by atoms with Crippen LogP contribution in [-0.2, 0) is 5.54 Å². The van der Waals surface area contributed by atoms with Crippen molar-refractivity contribution in [3.63, 3.8) is 0 Å². The molecule has 650 valence electrons. The van der Waals surface area contributed by atoms with Gasteiger partial charge in [-0.3, -0.25) is 0 Å². The number of nitrogens with zero attached hydrogens (tertiary/aromatic N) is 8. The van der Waals surface area contributed by atoms with E-state index in [-0.39, 0.29) is 50.6 Å². The van der Waals surface area contributed by atoms with E-state index >= 15 is 0 Å². The van der Waals surface area contributed by atoms with Gasteiger partial charge in [0.2, 0.25) is 0 Å². The first kappa shape index (κ1) is 85.6. The lowest BCUT2D eigenvalue weighted by Crippen LogP contribution is -2.62. The molecule has 0 bridgehead atoms. The van der Waals surface area contributed by atoms with E-state index in [4.69, 9.17) is 0 Å². The smallest absolute Gasteiger partial charge is 0.112 e. The van der Waals surface area contributed by atoms with Crippen molar-refractivity contribution in [2.45, 2.75) is 372 Å². The molecule has 14 aliphatic rings. The predicted octanol–water partition coefficient (Wildman–Crippen LogP) is 30.0. The van der Waals surface area contributed by atoms with E-state index in [9.17, 15) is 1.37 Å². The van der Waals surface area contributed by atoms with Crippen LogP contribution in [0, 0.1) is 84.9 Å². The third-order valence-electron chi connectivity index (χ3n) is 32.2. The lowest BCUT2D eigenvalue weighted by molar-refractivity contribution is -0.0195. The van der Waals surface area contributed by atoms with E-state index in [0.717, 1.165) is 23.7 Å². The molecule has 8 aliphatic heterocycles. The molecule has 0 spiro atoms. The van der Waals surface area contributed by atoms with Crippen molar-refractivity contribution in [1.82, 2.24) is 19.6 Å². The minimum atomic E-state index is -0.619. The highest BCUT2D eigenvalue weighted by Gasteiger charge is 2.63. The lowest BCUT2D eigenvalue weighted by atomic mass is 9.63. The number of hydrogen-bond donors (Lipinski definition) is 0. The SMILES string of the molecule is CC1=C2C=CC(C3CCCCC3)(C3CCCC3)N2C(C(C)(C)C)N1c1ccccc1C.CC1=C2C=CC(C3CCCCC3)(C3CCCCC3)N2C(C(C)(C)C)N1c1ccccc1C.CC1=C2C=CC(c3ccccc3)(C3CCCCC3)N2C(C(C)(C)C)N1c1ccccc1C.[2H]C1(C2CCCCC2)C=CC2=C(C)N(c3ccccc3C)C(C(C)(C)C)N21.